The van der Waals surface area contributed by atoms with E-state index in [2.05, 4.69) is 5.32 Å². The molecule has 0 amide bonds. The van der Waals surface area contributed by atoms with Gasteiger partial charge in [-0.05, 0) is 49.2 Å². The number of ether oxygens (including phenoxy) is 1. The van der Waals surface area contributed by atoms with Crippen LogP contribution in [0.4, 0.5) is 5.69 Å². The number of rotatable bonds is 4. The molecule has 27 heavy (non-hydrogen) atoms. The number of carbonyl (C=O) groups is 1. The summed E-state index contributed by atoms with van der Waals surface area (Å²) in [5.74, 6) is -0.270. The van der Waals surface area contributed by atoms with Gasteiger partial charge in [0, 0.05) is 15.7 Å². The van der Waals surface area contributed by atoms with Crippen LogP contribution in [0.25, 0.3) is 0 Å². The molecule has 0 saturated carbocycles. The summed E-state index contributed by atoms with van der Waals surface area (Å²) >= 11 is 19.9. The van der Waals surface area contributed by atoms with Crippen molar-refractivity contribution in [1.29, 1.82) is 0 Å². The number of thioether (sulfide) groups is 1. The highest BCUT2D eigenvalue weighted by Crippen LogP contribution is 2.47. The quantitative estimate of drug-likeness (QED) is 0.448. The lowest BCUT2D eigenvalue weighted by atomic mass is 10.0. The van der Waals surface area contributed by atoms with Crippen molar-refractivity contribution in [1.82, 2.24) is 0 Å². The number of fused-ring (bicyclic) bond motifs is 1. The van der Waals surface area contributed by atoms with Gasteiger partial charge in [-0.25, -0.2) is 0 Å². The van der Waals surface area contributed by atoms with E-state index >= 15 is 0 Å². The van der Waals surface area contributed by atoms with Crippen molar-refractivity contribution in [3.63, 3.8) is 0 Å². The molecule has 1 N–H and O–H groups in total. The average molecular weight is 440 g/mol. The van der Waals surface area contributed by atoms with E-state index in [-0.39, 0.29) is 29.0 Å². The second-order valence-electron chi connectivity index (χ2n) is 6.49. The Bertz CT molecular complexity index is 873. The van der Waals surface area contributed by atoms with Crippen molar-refractivity contribution in [2.24, 2.45) is 0 Å². The van der Waals surface area contributed by atoms with E-state index in [1.54, 1.807) is 11.8 Å². The van der Waals surface area contributed by atoms with Crippen LogP contribution in [0, 0.1) is 0 Å². The Balaban J connectivity index is 2.00. The topological polar surface area (TPSA) is 38.3 Å². The molecule has 3 nitrogen and oxygen atoms in total. The van der Waals surface area contributed by atoms with Crippen LogP contribution < -0.4 is 5.32 Å². The minimum absolute atomic E-state index is 0.114. The zero-order valence-electron chi connectivity index (χ0n) is 14.9. The molecule has 0 radical (unpaired) electrons. The molecular formula is C20H19Cl2NO2S2. The standard InChI is InChI=1S/C20H19Cl2NO2S2/c1-11(2)25-18(24)10-17-20(26)23-16-8-7-12(21)9-14(16)19(27-17)13-5-3-4-6-15(13)22/h3-9,11,17,19H,10H2,1-2H3,(H,23,26)/t17-,19-/m0/s1. The molecule has 0 spiro atoms. The Hall–Kier alpha value is -1.27. The van der Waals surface area contributed by atoms with Gasteiger partial charge in [0.25, 0.3) is 0 Å². The fraction of sp³-hybridized carbons (Fsp3) is 0.300. The van der Waals surface area contributed by atoms with Crippen LogP contribution >= 0.6 is 47.2 Å². The number of hydrogen-bond donors (Lipinski definition) is 1. The maximum Gasteiger partial charge on any atom is 0.307 e. The number of anilines is 1. The minimum atomic E-state index is -0.270. The maximum atomic E-state index is 12.2. The number of benzene rings is 2. The predicted molar refractivity (Wildman–Crippen MR) is 118 cm³/mol. The number of halogens is 2. The molecule has 2 aromatic rings. The Morgan fingerprint density at radius 2 is 1.96 bits per heavy atom. The van der Waals surface area contributed by atoms with Crippen molar-refractivity contribution < 1.29 is 9.53 Å². The Kier molecular flexibility index (Phi) is 6.69. The van der Waals surface area contributed by atoms with E-state index in [9.17, 15) is 4.79 Å². The van der Waals surface area contributed by atoms with Gasteiger partial charge in [-0.3, -0.25) is 4.79 Å². The van der Waals surface area contributed by atoms with Crippen LogP contribution in [0.3, 0.4) is 0 Å². The summed E-state index contributed by atoms with van der Waals surface area (Å²) < 4.78 is 5.32. The van der Waals surface area contributed by atoms with Crippen molar-refractivity contribution in [3.05, 3.63) is 63.6 Å². The van der Waals surface area contributed by atoms with Crippen LogP contribution in [0.2, 0.25) is 10.0 Å². The average Bonchev–Trinajstić information content (AvgIpc) is 2.72. The molecule has 7 heteroatoms. The molecule has 3 rings (SSSR count). The zero-order valence-corrected chi connectivity index (χ0v) is 18.0. The highest BCUT2D eigenvalue weighted by molar-refractivity contribution is 8.02. The third-order valence-electron chi connectivity index (χ3n) is 4.05. The van der Waals surface area contributed by atoms with E-state index in [0.717, 1.165) is 16.8 Å². The molecule has 0 unspecified atom stereocenters. The number of carbonyl (C=O) groups excluding carboxylic acids is 1. The first kappa shape index (κ1) is 20.5. The molecule has 142 valence electrons. The van der Waals surface area contributed by atoms with Gasteiger partial charge in [0.1, 0.15) is 0 Å². The van der Waals surface area contributed by atoms with Crippen molar-refractivity contribution >= 4 is 63.8 Å². The summed E-state index contributed by atoms with van der Waals surface area (Å²) in [6.45, 7) is 3.66. The molecule has 1 aliphatic rings. The minimum Gasteiger partial charge on any atom is -0.463 e. The molecule has 2 atom stereocenters. The fourth-order valence-corrected chi connectivity index (χ4v) is 5.20. The largest absolute Gasteiger partial charge is 0.463 e. The lowest BCUT2D eigenvalue weighted by Crippen LogP contribution is -2.26. The molecule has 0 bridgehead atoms. The van der Waals surface area contributed by atoms with Gasteiger partial charge in [0.05, 0.1) is 28.0 Å². The van der Waals surface area contributed by atoms with E-state index in [0.29, 0.717) is 15.0 Å². The predicted octanol–water partition coefficient (Wildman–Crippen LogP) is 6.28. The van der Waals surface area contributed by atoms with Crippen molar-refractivity contribution in [3.8, 4) is 0 Å². The monoisotopic (exact) mass is 439 g/mol. The number of thiocarbonyl (C=S) groups is 1. The number of esters is 1. The van der Waals surface area contributed by atoms with E-state index < -0.39 is 0 Å². The van der Waals surface area contributed by atoms with E-state index in [1.165, 1.54) is 0 Å². The summed E-state index contributed by atoms with van der Waals surface area (Å²) in [7, 11) is 0. The molecule has 0 fully saturated rings. The highest BCUT2D eigenvalue weighted by atomic mass is 35.5. The number of nitrogens with one attached hydrogen (secondary N) is 1. The van der Waals surface area contributed by atoms with Gasteiger partial charge in [-0.15, -0.1) is 11.8 Å². The molecule has 0 aliphatic carbocycles. The smallest absolute Gasteiger partial charge is 0.307 e. The molecular weight excluding hydrogens is 421 g/mol. The summed E-state index contributed by atoms with van der Waals surface area (Å²) in [5.41, 5.74) is 2.82. The van der Waals surface area contributed by atoms with Crippen LogP contribution in [0.1, 0.15) is 36.6 Å². The van der Waals surface area contributed by atoms with Crippen LogP contribution in [0.5, 0.6) is 0 Å². The Morgan fingerprint density at radius 3 is 2.67 bits per heavy atom. The Morgan fingerprint density at radius 1 is 1.22 bits per heavy atom. The maximum absolute atomic E-state index is 12.2. The van der Waals surface area contributed by atoms with Gasteiger partial charge >= 0.3 is 5.97 Å². The summed E-state index contributed by atoms with van der Waals surface area (Å²) in [4.78, 5) is 12.8. The molecule has 1 aliphatic heterocycles. The third-order valence-corrected chi connectivity index (χ3v) is 6.68. The van der Waals surface area contributed by atoms with Crippen LogP contribution in [-0.2, 0) is 9.53 Å². The lowest BCUT2D eigenvalue weighted by molar-refractivity contribution is -0.147. The number of hydrogen-bond acceptors (Lipinski definition) is 4. The Labute approximate surface area is 178 Å². The van der Waals surface area contributed by atoms with Gasteiger partial charge < -0.3 is 10.1 Å². The summed E-state index contributed by atoms with van der Waals surface area (Å²) in [5, 5.41) is 4.23. The zero-order chi connectivity index (χ0) is 19.6. The normalized spacial score (nSPS) is 19.2. The second-order valence-corrected chi connectivity index (χ2v) is 9.09. The highest BCUT2D eigenvalue weighted by Gasteiger charge is 2.32. The van der Waals surface area contributed by atoms with Gasteiger partial charge in [0.2, 0.25) is 0 Å². The first-order valence-electron chi connectivity index (χ1n) is 8.55. The van der Waals surface area contributed by atoms with E-state index in [1.807, 2.05) is 56.3 Å². The van der Waals surface area contributed by atoms with Gasteiger partial charge in [-0.2, -0.15) is 0 Å². The van der Waals surface area contributed by atoms with Gasteiger partial charge in [-0.1, -0.05) is 53.6 Å². The first-order chi connectivity index (χ1) is 12.8. The fourth-order valence-electron chi connectivity index (χ4n) is 2.91. The SMILES string of the molecule is CC(C)OC(=O)C[C@@H]1S[C@@H](c2ccccc2Cl)c2cc(Cl)ccc2NC1=S. The van der Waals surface area contributed by atoms with Crippen molar-refractivity contribution in [2.45, 2.75) is 36.9 Å². The van der Waals surface area contributed by atoms with Crippen molar-refractivity contribution in [2.75, 3.05) is 5.32 Å². The summed E-state index contributed by atoms with van der Waals surface area (Å²) in [6.07, 6.45) is 0.0299. The second kappa shape index (κ2) is 8.82. The third kappa shape index (κ3) is 4.96. The lowest BCUT2D eigenvalue weighted by Gasteiger charge is -2.22. The first-order valence-corrected chi connectivity index (χ1v) is 10.7. The van der Waals surface area contributed by atoms with Crippen LogP contribution in [-0.4, -0.2) is 22.3 Å². The van der Waals surface area contributed by atoms with E-state index in [4.69, 9.17) is 40.2 Å². The molecule has 1 heterocycles. The summed E-state index contributed by atoms with van der Waals surface area (Å²) in [6, 6.07) is 13.3. The molecule has 2 aromatic carbocycles. The van der Waals surface area contributed by atoms with Gasteiger partial charge in [0.15, 0.2) is 0 Å². The molecule has 0 saturated heterocycles. The van der Waals surface area contributed by atoms with Crippen LogP contribution in [0.15, 0.2) is 42.5 Å². The molecule has 0 aromatic heterocycles.